The third kappa shape index (κ3) is 1.12. The van der Waals surface area contributed by atoms with E-state index >= 15 is 0 Å². The Labute approximate surface area is 84.7 Å². The van der Waals surface area contributed by atoms with Crippen molar-refractivity contribution in [3.05, 3.63) is 27.5 Å². The Morgan fingerprint density at radius 2 is 2.17 bits per heavy atom. The lowest BCUT2D eigenvalue weighted by atomic mass is 10.2. The number of benzene rings is 1. The van der Waals surface area contributed by atoms with Gasteiger partial charge in [0.2, 0.25) is 0 Å². The van der Waals surface area contributed by atoms with Crippen molar-refractivity contribution in [1.82, 2.24) is 9.78 Å². The first-order valence-corrected chi connectivity index (χ1v) is 4.85. The predicted octanol–water partition coefficient (Wildman–Crippen LogP) is 2.49. The monoisotopic (exact) mass is 272 g/mol. The molecule has 0 saturated heterocycles. The van der Waals surface area contributed by atoms with E-state index in [9.17, 15) is 0 Å². The molecule has 1 aromatic heterocycles. The molecule has 1 heterocycles. The van der Waals surface area contributed by atoms with Crippen molar-refractivity contribution in [2.75, 3.05) is 0 Å². The number of hydrogen-bond acceptors (Lipinski definition) is 1. The van der Waals surface area contributed by atoms with Gasteiger partial charge < -0.3 is 0 Å². The van der Waals surface area contributed by atoms with E-state index in [1.165, 1.54) is 14.5 Å². The third-order valence-corrected chi connectivity index (χ3v) is 3.36. The maximum atomic E-state index is 4.33. The molecule has 0 aliphatic heterocycles. The second-order valence-corrected chi connectivity index (χ2v) is 4.01. The number of rotatable bonds is 0. The van der Waals surface area contributed by atoms with E-state index in [-0.39, 0.29) is 0 Å². The lowest BCUT2D eigenvalue weighted by Crippen LogP contribution is -1.84. The molecule has 0 aliphatic rings. The van der Waals surface area contributed by atoms with Gasteiger partial charge >= 0.3 is 0 Å². The lowest BCUT2D eigenvalue weighted by molar-refractivity contribution is 0.779. The Hall–Kier alpha value is -0.580. The molecule has 0 spiro atoms. The Kier molecular flexibility index (Phi) is 1.83. The molecule has 12 heavy (non-hydrogen) atoms. The van der Waals surface area contributed by atoms with Gasteiger partial charge in [0.1, 0.15) is 0 Å². The molecular formula is C9H9IN2. The number of fused-ring (bicyclic) bond motifs is 1. The van der Waals surface area contributed by atoms with E-state index in [0.29, 0.717) is 0 Å². The van der Waals surface area contributed by atoms with E-state index in [1.807, 2.05) is 11.7 Å². The molecule has 0 saturated carbocycles. The van der Waals surface area contributed by atoms with E-state index in [2.05, 4.69) is 52.9 Å². The zero-order valence-corrected chi connectivity index (χ0v) is 9.16. The van der Waals surface area contributed by atoms with Crippen LogP contribution in [0.25, 0.3) is 10.9 Å². The van der Waals surface area contributed by atoms with Crippen molar-refractivity contribution in [2.24, 2.45) is 7.05 Å². The van der Waals surface area contributed by atoms with Gasteiger partial charge in [-0.15, -0.1) is 0 Å². The van der Waals surface area contributed by atoms with E-state index in [1.54, 1.807) is 0 Å². The van der Waals surface area contributed by atoms with Crippen LogP contribution < -0.4 is 0 Å². The maximum absolute atomic E-state index is 4.33. The number of halogens is 1. The van der Waals surface area contributed by atoms with Crippen LogP contribution in [0.2, 0.25) is 0 Å². The molecule has 0 unspecified atom stereocenters. The van der Waals surface area contributed by atoms with E-state index in [0.717, 1.165) is 5.52 Å². The van der Waals surface area contributed by atoms with Gasteiger partial charge in [0.25, 0.3) is 0 Å². The van der Waals surface area contributed by atoms with Crippen molar-refractivity contribution in [2.45, 2.75) is 6.92 Å². The third-order valence-electron chi connectivity index (χ3n) is 1.93. The van der Waals surface area contributed by atoms with Crippen molar-refractivity contribution in [1.29, 1.82) is 0 Å². The highest BCUT2D eigenvalue weighted by Crippen LogP contribution is 2.22. The second-order valence-electron chi connectivity index (χ2n) is 2.93. The van der Waals surface area contributed by atoms with Gasteiger partial charge in [0.15, 0.2) is 0 Å². The highest BCUT2D eigenvalue weighted by molar-refractivity contribution is 14.1. The zero-order chi connectivity index (χ0) is 8.72. The van der Waals surface area contributed by atoms with E-state index in [4.69, 9.17) is 0 Å². The highest BCUT2D eigenvalue weighted by Gasteiger charge is 2.03. The van der Waals surface area contributed by atoms with Crippen LogP contribution in [-0.2, 0) is 7.05 Å². The summed E-state index contributed by atoms with van der Waals surface area (Å²) in [7, 11) is 1.95. The molecule has 0 radical (unpaired) electrons. The first-order valence-electron chi connectivity index (χ1n) is 3.77. The zero-order valence-electron chi connectivity index (χ0n) is 7.00. The van der Waals surface area contributed by atoms with Gasteiger partial charge in [-0.05, 0) is 41.1 Å². The summed E-state index contributed by atoms with van der Waals surface area (Å²) in [6, 6.07) is 4.17. The minimum Gasteiger partial charge on any atom is -0.275 e. The van der Waals surface area contributed by atoms with Crippen molar-refractivity contribution < 1.29 is 0 Å². The van der Waals surface area contributed by atoms with Crippen LogP contribution in [-0.4, -0.2) is 9.78 Å². The fourth-order valence-electron chi connectivity index (χ4n) is 1.29. The molecule has 0 bridgehead atoms. The molecule has 62 valence electrons. The van der Waals surface area contributed by atoms with Gasteiger partial charge in [-0.25, -0.2) is 0 Å². The first kappa shape index (κ1) is 8.04. The van der Waals surface area contributed by atoms with Gasteiger partial charge in [-0.1, -0.05) is 6.07 Å². The van der Waals surface area contributed by atoms with Crippen LogP contribution in [0.4, 0.5) is 0 Å². The second kappa shape index (κ2) is 2.73. The molecule has 0 atom stereocenters. The lowest BCUT2D eigenvalue weighted by Gasteiger charge is -1.96. The molecule has 3 heteroatoms. The topological polar surface area (TPSA) is 17.8 Å². The smallest absolute Gasteiger partial charge is 0.0934 e. The Balaban J connectivity index is 2.89. The van der Waals surface area contributed by atoms with Crippen molar-refractivity contribution in [3.63, 3.8) is 0 Å². The summed E-state index contributed by atoms with van der Waals surface area (Å²) in [6.07, 6.45) is 2.06. The molecule has 0 fully saturated rings. The fraction of sp³-hybridized carbons (Fsp3) is 0.222. The fourth-order valence-corrected chi connectivity index (χ4v) is 1.88. The van der Waals surface area contributed by atoms with Crippen LogP contribution in [0.5, 0.6) is 0 Å². The van der Waals surface area contributed by atoms with Crippen LogP contribution in [0, 0.1) is 10.5 Å². The van der Waals surface area contributed by atoms with Gasteiger partial charge in [0, 0.05) is 22.2 Å². The largest absolute Gasteiger partial charge is 0.275 e. The van der Waals surface area contributed by atoms with Gasteiger partial charge in [-0.3, -0.25) is 4.68 Å². The Bertz CT molecular complexity index is 431. The Morgan fingerprint density at radius 3 is 2.92 bits per heavy atom. The first-order chi connectivity index (χ1) is 5.68. The number of hydrogen-bond donors (Lipinski definition) is 0. The molecular weight excluding hydrogens is 263 g/mol. The predicted molar refractivity (Wildman–Crippen MR) is 58.2 cm³/mol. The minimum atomic E-state index is 1.08. The number of aromatic nitrogens is 2. The van der Waals surface area contributed by atoms with Crippen molar-refractivity contribution in [3.8, 4) is 0 Å². The molecule has 0 N–H and O–H groups in total. The number of nitrogens with zero attached hydrogens (tertiary/aromatic N) is 2. The summed E-state index contributed by atoms with van der Waals surface area (Å²) >= 11 is 2.36. The van der Waals surface area contributed by atoms with Crippen LogP contribution in [0.3, 0.4) is 0 Å². The summed E-state index contributed by atoms with van der Waals surface area (Å²) < 4.78 is 3.16. The van der Waals surface area contributed by atoms with Crippen LogP contribution in [0.1, 0.15) is 5.56 Å². The molecule has 1 aromatic carbocycles. The summed E-state index contributed by atoms with van der Waals surface area (Å²) in [5, 5.41) is 5.58. The molecule has 2 rings (SSSR count). The average Bonchev–Trinajstić information content (AvgIpc) is 2.39. The molecule has 2 aromatic rings. The highest BCUT2D eigenvalue weighted by atomic mass is 127. The van der Waals surface area contributed by atoms with Gasteiger partial charge in [-0.2, -0.15) is 5.10 Å². The standard InChI is InChI=1S/C9H9IN2/c1-6-3-4-8-7(9(6)10)5-12(2)11-8/h3-5H,1-2H3. The quantitative estimate of drug-likeness (QED) is 0.674. The molecule has 0 amide bonds. The summed E-state index contributed by atoms with van der Waals surface area (Å²) in [4.78, 5) is 0. The average molecular weight is 272 g/mol. The summed E-state index contributed by atoms with van der Waals surface area (Å²) in [5.74, 6) is 0. The maximum Gasteiger partial charge on any atom is 0.0934 e. The normalized spacial score (nSPS) is 10.9. The van der Waals surface area contributed by atoms with E-state index < -0.39 is 0 Å². The Morgan fingerprint density at radius 1 is 1.42 bits per heavy atom. The van der Waals surface area contributed by atoms with Crippen LogP contribution in [0.15, 0.2) is 18.3 Å². The SMILES string of the molecule is Cc1ccc2nn(C)cc2c1I. The molecule has 0 aliphatic carbocycles. The minimum absolute atomic E-state index is 1.08. The van der Waals surface area contributed by atoms with Crippen LogP contribution >= 0.6 is 22.6 Å². The summed E-state index contributed by atoms with van der Waals surface area (Å²) in [6.45, 7) is 2.12. The van der Waals surface area contributed by atoms with Gasteiger partial charge in [0.05, 0.1) is 5.52 Å². The summed E-state index contributed by atoms with van der Waals surface area (Å²) in [5.41, 5.74) is 2.39. The van der Waals surface area contributed by atoms with Crippen molar-refractivity contribution >= 4 is 33.5 Å². The number of aryl methyl sites for hydroxylation is 2. The molecule has 2 nitrogen and oxygen atoms in total.